The number of methoxy groups -OCH3 is 1. The minimum absolute atomic E-state index is 0.0475. The molecule has 1 aliphatic heterocycles. The van der Waals surface area contributed by atoms with Gasteiger partial charge >= 0.3 is 6.03 Å². The third kappa shape index (κ3) is 4.50. The van der Waals surface area contributed by atoms with Gasteiger partial charge < -0.3 is 25.0 Å². The number of amides is 3. The van der Waals surface area contributed by atoms with Crippen molar-refractivity contribution in [2.45, 2.75) is 38.3 Å². The van der Waals surface area contributed by atoms with Crippen LogP contribution in [-0.4, -0.2) is 53.1 Å². The SMILES string of the molecule is COc1cc(CN(C(=O)Nc2ccc(C(=O)N3CCCC3)cc2)C2CC2)ccc1O. The Labute approximate surface area is 176 Å². The molecule has 158 valence electrons. The van der Waals surface area contributed by atoms with Crippen LogP contribution in [0.4, 0.5) is 10.5 Å². The first kappa shape index (κ1) is 20.1. The van der Waals surface area contributed by atoms with Crippen molar-refractivity contribution in [1.29, 1.82) is 0 Å². The molecule has 0 aromatic heterocycles. The number of phenols is 1. The van der Waals surface area contributed by atoms with Gasteiger partial charge in [0, 0.05) is 36.9 Å². The molecule has 1 saturated heterocycles. The Morgan fingerprint density at radius 2 is 1.83 bits per heavy atom. The number of hydrogen-bond acceptors (Lipinski definition) is 4. The Morgan fingerprint density at radius 3 is 2.47 bits per heavy atom. The lowest BCUT2D eigenvalue weighted by atomic mass is 10.1. The first-order valence-corrected chi connectivity index (χ1v) is 10.4. The summed E-state index contributed by atoms with van der Waals surface area (Å²) in [6.45, 7) is 2.06. The number of aromatic hydroxyl groups is 1. The van der Waals surface area contributed by atoms with E-state index in [1.165, 1.54) is 7.11 Å². The highest BCUT2D eigenvalue weighted by atomic mass is 16.5. The molecule has 30 heavy (non-hydrogen) atoms. The van der Waals surface area contributed by atoms with E-state index in [-0.39, 0.29) is 23.7 Å². The number of nitrogens with one attached hydrogen (secondary N) is 1. The summed E-state index contributed by atoms with van der Waals surface area (Å²) in [5.74, 6) is 0.514. The lowest BCUT2D eigenvalue weighted by molar-refractivity contribution is 0.0793. The highest BCUT2D eigenvalue weighted by Gasteiger charge is 2.33. The van der Waals surface area contributed by atoms with Crippen LogP contribution >= 0.6 is 0 Å². The highest BCUT2D eigenvalue weighted by molar-refractivity contribution is 5.95. The summed E-state index contributed by atoms with van der Waals surface area (Å²) < 4.78 is 5.17. The first-order valence-electron chi connectivity index (χ1n) is 10.4. The smallest absolute Gasteiger partial charge is 0.322 e. The predicted octanol–water partition coefficient (Wildman–Crippen LogP) is 3.83. The van der Waals surface area contributed by atoms with Crippen molar-refractivity contribution in [3.63, 3.8) is 0 Å². The number of carbonyl (C=O) groups is 2. The fourth-order valence-corrected chi connectivity index (χ4v) is 3.76. The van der Waals surface area contributed by atoms with Gasteiger partial charge in [0.1, 0.15) is 0 Å². The molecule has 2 N–H and O–H groups in total. The van der Waals surface area contributed by atoms with Crippen LogP contribution in [0, 0.1) is 0 Å². The molecule has 2 aliphatic rings. The number of carbonyl (C=O) groups excluding carboxylic acids is 2. The van der Waals surface area contributed by atoms with E-state index in [9.17, 15) is 14.7 Å². The van der Waals surface area contributed by atoms with E-state index in [0.29, 0.717) is 23.5 Å². The number of anilines is 1. The maximum atomic E-state index is 12.9. The third-order valence-corrected chi connectivity index (χ3v) is 5.62. The van der Waals surface area contributed by atoms with Gasteiger partial charge in [0.15, 0.2) is 11.5 Å². The number of hydrogen-bond donors (Lipinski definition) is 2. The van der Waals surface area contributed by atoms with E-state index in [0.717, 1.165) is 44.3 Å². The van der Waals surface area contributed by atoms with Crippen molar-refractivity contribution >= 4 is 17.6 Å². The van der Waals surface area contributed by atoms with Crippen LogP contribution in [0.1, 0.15) is 41.6 Å². The van der Waals surface area contributed by atoms with Gasteiger partial charge in [0.05, 0.1) is 7.11 Å². The van der Waals surface area contributed by atoms with Gasteiger partial charge in [-0.1, -0.05) is 6.07 Å². The van der Waals surface area contributed by atoms with E-state index < -0.39 is 0 Å². The Balaban J connectivity index is 1.41. The molecule has 0 unspecified atom stereocenters. The second-order valence-corrected chi connectivity index (χ2v) is 7.87. The van der Waals surface area contributed by atoms with Crippen LogP contribution in [-0.2, 0) is 6.54 Å². The van der Waals surface area contributed by atoms with Crippen LogP contribution in [0.15, 0.2) is 42.5 Å². The van der Waals surface area contributed by atoms with Gasteiger partial charge in [-0.25, -0.2) is 4.79 Å². The van der Waals surface area contributed by atoms with Crippen LogP contribution < -0.4 is 10.1 Å². The molecular weight excluding hydrogens is 382 g/mol. The van der Waals surface area contributed by atoms with Crippen molar-refractivity contribution in [3.8, 4) is 11.5 Å². The molecule has 1 saturated carbocycles. The van der Waals surface area contributed by atoms with Gasteiger partial charge in [-0.2, -0.15) is 0 Å². The molecule has 0 atom stereocenters. The van der Waals surface area contributed by atoms with Crippen LogP contribution in [0.25, 0.3) is 0 Å². The zero-order chi connectivity index (χ0) is 21.1. The summed E-state index contributed by atoms with van der Waals surface area (Å²) in [5.41, 5.74) is 2.19. The summed E-state index contributed by atoms with van der Waals surface area (Å²) in [6.07, 6.45) is 4.07. The molecule has 0 spiro atoms. The fraction of sp³-hybridized carbons (Fsp3) is 0.391. The molecule has 7 nitrogen and oxygen atoms in total. The number of urea groups is 1. The lowest BCUT2D eigenvalue weighted by Gasteiger charge is -2.23. The van der Waals surface area contributed by atoms with Gasteiger partial charge in [0.25, 0.3) is 5.91 Å². The van der Waals surface area contributed by atoms with Crippen molar-refractivity contribution in [2.75, 3.05) is 25.5 Å². The molecule has 2 fully saturated rings. The fourth-order valence-electron chi connectivity index (χ4n) is 3.76. The highest BCUT2D eigenvalue weighted by Crippen LogP contribution is 2.31. The summed E-state index contributed by atoms with van der Waals surface area (Å²) in [5, 5.41) is 12.7. The molecule has 3 amide bonds. The quantitative estimate of drug-likeness (QED) is 0.760. The predicted molar refractivity (Wildman–Crippen MR) is 114 cm³/mol. The maximum absolute atomic E-state index is 12.9. The molecule has 2 aromatic rings. The summed E-state index contributed by atoms with van der Waals surface area (Å²) in [7, 11) is 1.50. The molecule has 2 aromatic carbocycles. The van der Waals surface area contributed by atoms with Crippen molar-refractivity contribution < 1.29 is 19.4 Å². The Hall–Kier alpha value is -3.22. The monoisotopic (exact) mass is 409 g/mol. The largest absolute Gasteiger partial charge is 0.504 e. The topological polar surface area (TPSA) is 82.1 Å². The normalized spacial score (nSPS) is 15.7. The molecule has 4 rings (SSSR count). The van der Waals surface area contributed by atoms with Gasteiger partial charge in [-0.05, 0) is 67.6 Å². The van der Waals surface area contributed by atoms with E-state index in [1.807, 2.05) is 4.90 Å². The maximum Gasteiger partial charge on any atom is 0.322 e. The zero-order valence-corrected chi connectivity index (χ0v) is 17.1. The average molecular weight is 409 g/mol. The number of benzene rings is 2. The lowest BCUT2D eigenvalue weighted by Crippen LogP contribution is -2.36. The number of ether oxygens (including phenoxy) is 1. The number of phenolic OH excluding ortho intramolecular Hbond substituents is 1. The van der Waals surface area contributed by atoms with Gasteiger partial charge in [-0.15, -0.1) is 0 Å². The minimum Gasteiger partial charge on any atom is -0.504 e. The summed E-state index contributed by atoms with van der Waals surface area (Å²) in [6, 6.07) is 12.2. The van der Waals surface area contributed by atoms with E-state index in [1.54, 1.807) is 47.4 Å². The molecule has 0 radical (unpaired) electrons. The Kier molecular flexibility index (Phi) is 5.79. The minimum atomic E-state index is -0.178. The summed E-state index contributed by atoms with van der Waals surface area (Å²) in [4.78, 5) is 29.0. The summed E-state index contributed by atoms with van der Waals surface area (Å²) >= 11 is 0. The van der Waals surface area contributed by atoms with Crippen LogP contribution in [0.3, 0.4) is 0 Å². The van der Waals surface area contributed by atoms with E-state index in [2.05, 4.69) is 5.32 Å². The first-order chi connectivity index (χ1) is 14.5. The third-order valence-electron chi connectivity index (χ3n) is 5.62. The van der Waals surface area contributed by atoms with Gasteiger partial charge in [-0.3, -0.25) is 4.79 Å². The van der Waals surface area contributed by atoms with Crippen molar-refractivity contribution in [3.05, 3.63) is 53.6 Å². The number of nitrogens with zero attached hydrogens (tertiary/aromatic N) is 2. The van der Waals surface area contributed by atoms with Crippen LogP contribution in [0.5, 0.6) is 11.5 Å². The average Bonchev–Trinajstić information content (AvgIpc) is 3.45. The van der Waals surface area contributed by atoms with Gasteiger partial charge in [0.2, 0.25) is 0 Å². The molecule has 7 heteroatoms. The Bertz CT molecular complexity index is 919. The van der Waals surface area contributed by atoms with Crippen LogP contribution in [0.2, 0.25) is 0 Å². The second-order valence-electron chi connectivity index (χ2n) is 7.87. The van der Waals surface area contributed by atoms with E-state index in [4.69, 9.17) is 4.74 Å². The van der Waals surface area contributed by atoms with Crippen molar-refractivity contribution in [2.24, 2.45) is 0 Å². The standard InChI is InChI=1S/C23H27N3O4/c1-30-21-14-16(4-11-20(21)27)15-26(19-9-10-19)23(29)24-18-7-5-17(6-8-18)22(28)25-12-2-3-13-25/h4-8,11,14,19,27H,2-3,9-10,12-13,15H2,1H3,(H,24,29). The Morgan fingerprint density at radius 1 is 1.13 bits per heavy atom. The number of rotatable bonds is 6. The second kappa shape index (κ2) is 8.65. The molecule has 0 bridgehead atoms. The molecular formula is C23H27N3O4. The zero-order valence-electron chi connectivity index (χ0n) is 17.1. The van der Waals surface area contributed by atoms with E-state index >= 15 is 0 Å². The number of likely N-dealkylation sites (tertiary alicyclic amines) is 1. The van der Waals surface area contributed by atoms with Crippen molar-refractivity contribution in [1.82, 2.24) is 9.80 Å². The molecule has 1 heterocycles. The molecule has 1 aliphatic carbocycles.